The lowest BCUT2D eigenvalue weighted by Gasteiger charge is -2.23. The number of rotatable bonds is 3. The van der Waals surface area contributed by atoms with Crippen LogP contribution >= 0.6 is 0 Å². The number of ether oxygens (including phenoxy) is 1. The number of carbonyl (C=O) groups excluding carboxylic acids is 1. The van der Waals surface area contributed by atoms with Crippen LogP contribution in [0.2, 0.25) is 0 Å². The normalized spacial score (nSPS) is 23.5. The number of likely N-dealkylation sites (tertiary alicyclic amines) is 1. The molecule has 0 radical (unpaired) electrons. The van der Waals surface area contributed by atoms with Crippen molar-refractivity contribution in [3.63, 3.8) is 0 Å². The summed E-state index contributed by atoms with van der Waals surface area (Å²) in [6, 6.07) is -0.136. The maximum absolute atomic E-state index is 13.3. The van der Waals surface area contributed by atoms with Crippen molar-refractivity contribution in [3.8, 4) is 0 Å². The fraction of sp³-hybridized carbons (Fsp3) is 0.647. The first kappa shape index (κ1) is 16.3. The summed E-state index contributed by atoms with van der Waals surface area (Å²) < 4.78 is 7.40. The van der Waals surface area contributed by atoms with Crippen molar-refractivity contribution in [2.75, 3.05) is 13.7 Å². The summed E-state index contributed by atoms with van der Waals surface area (Å²) in [5.41, 5.74) is 2.79. The summed E-state index contributed by atoms with van der Waals surface area (Å²) in [4.78, 5) is 15.1. The highest BCUT2D eigenvalue weighted by atomic mass is 16.5. The van der Waals surface area contributed by atoms with Gasteiger partial charge < -0.3 is 14.2 Å². The van der Waals surface area contributed by atoms with Crippen molar-refractivity contribution in [1.29, 1.82) is 0 Å². The number of aromatic amines is 1. The molecule has 3 heterocycles. The molecule has 1 saturated heterocycles. The van der Waals surface area contributed by atoms with Crippen LogP contribution in [-0.2, 0) is 24.6 Å². The first-order valence-electron chi connectivity index (χ1n) is 8.92. The van der Waals surface area contributed by atoms with E-state index >= 15 is 0 Å². The molecule has 8 nitrogen and oxygen atoms in total. The van der Waals surface area contributed by atoms with Gasteiger partial charge in [-0.2, -0.15) is 5.10 Å². The minimum atomic E-state index is -0.136. The second-order valence-corrected chi connectivity index (χ2v) is 6.96. The Bertz CT molecular complexity index is 767. The lowest BCUT2D eigenvalue weighted by molar-refractivity contribution is 0.0676. The van der Waals surface area contributed by atoms with Gasteiger partial charge in [0.15, 0.2) is 11.5 Å². The van der Waals surface area contributed by atoms with Crippen molar-refractivity contribution in [1.82, 2.24) is 29.9 Å². The van der Waals surface area contributed by atoms with Crippen LogP contribution in [0.4, 0.5) is 0 Å². The quantitative estimate of drug-likeness (QED) is 0.851. The third kappa shape index (κ3) is 2.84. The predicted octanol–water partition coefficient (Wildman–Crippen LogP) is 1.41. The molecule has 2 aromatic rings. The highest BCUT2D eigenvalue weighted by Gasteiger charge is 2.40. The SMILES string of the molecule is CO[C@@H]1C[C@@H](c2nncn2C)N(C(=O)c2n[nH]c3c2CCCCC3)C1. The molecule has 4 rings (SSSR count). The molecule has 0 aromatic carbocycles. The molecule has 134 valence electrons. The molecule has 2 aromatic heterocycles. The maximum atomic E-state index is 13.3. The van der Waals surface area contributed by atoms with Gasteiger partial charge in [0.1, 0.15) is 6.33 Å². The second kappa shape index (κ2) is 6.59. The molecular formula is C17H24N6O2. The molecular weight excluding hydrogens is 320 g/mol. The summed E-state index contributed by atoms with van der Waals surface area (Å²) in [7, 11) is 3.59. The van der Waals surface area contributed by atoms with Crippen LogP contribution in [0.15, 0.2) is 6.33 Å². The Labute approximate surface area is 146 Å². The first-order valence-corrected chi connectivity index (χ1v) is 8.92. The lowest BCUT2D eigenvalue weighted by atomic mass is 10.1. The highest BCUT2D eigenvalue weighted by Crippen LogP contribution is 2.34. The van der Waals surface area contributed by atoms with Crippen LogP contribution in [0.5, 0.6) is 0 Å². The van der Waals surface area contributed by atoms with E-state index in [1.54, 1.807) is 13.4 Å². The number of hydrogen-bond acceptors (Lipinski definition) is 5. The number of nitrogens with one attached hydrogen (secondary N) is 1. The molecule has 25 heavy (non-hydrogen) atoms. The number of carbonyl (C=O) groups is 1. The topological polar surface area (TPSA) is 88.9 Å². The van der Waals surface area contributed by atoms with E-state index in [1.165, 1.54) is 6.42 Å². The van der Waals surface area contributed by atoms with E-state index in [0.29, 0.717) is 12.2 Å². The van der Waals surface area contributed by atoms with Gasteiger partial charge >= 0.3 is 0 Å². The molecule has 1 fully saturated rings. The van der Waals surface area contributed by atoms with Gasteiger partial charge in [-0.3, -0.25) is 9.89 Å². The zero-order valence-electron chi connectivity index (χ0n) is 14.7. The van der Waals surface area contributed by atoms with E-state index in [2.05, 4.69) is 20.4 Å². The maximum Gasteiger partial charge on any atom is 0.275 e. The van der Waals surface area contributed by atoms with Gasteiger partial charge in [0, 0.05) is 38.4 Å². The van der Waals surface area contributed by atoms with Gasteiger partial charge in [-0.05, 0) is 25.7 Å². The van der Waals surface area contributed by atoms with E-state index in [4.69, 9.17) is 4.74 Å². The molecule has 1 aliphatic heterocycles. The molecule has 0 spiro atoms. The zero-order chi connectivity index (χ0) is 17.4. The molecule has 1 aliphatic carbocycles. The van der Waals surface area contributed by atoms with Gasteiger partial charge in [-0.15, -0.1) is 10.2 Å². The Morgan fingerprint density at radius 3 is 2.92 bits per heavy atom. The number of H-pyrrole nitrogens is 1. The van der Waals surface area contributed by atoms with Crippen LogP contribution in [0.3, 0.4) is 0 Å². The van der Waals surface area contributed by atoms with Gasteiger partial charge in [-0.1, -0.05) is 6.42 Å². The first-order chi connectivity index (χ1) is 12.2. The molecule has 1 N–H and O–H groups in total. The van der Waals surface area contributed by atoms with Gasteiger partial charge in [-0.25, -0.2) is 0 Å². The third-order valence-corrected chi connectivity index (χ3v) is 5.41. The summed E-state index contributed by atoms with van der Waals surface area (Å²) in [6.45, 7) is 0.550. The molecule has 1 amide bonds. The van der Waals surface area contributed by atoms with Crippen LogP contribution < -0.4 is 0 Å². The largest absolute Gasteiger partial charge is 0.380 e. The number of methoxy groups -OCH3 is 1. The van der Waals surface area contributed by atoms with Crippen molar-refractivity contribution in [2.24, 2.45) is 7.05 Å². The monoisotopic (exact) mass is 344 g/mol. The smallest absolute Gasteiger partial charge is 0.275 e. The summed E-state index contributed by atoms with van der Waals surface area (Å²) in [5.74, 6) is 0.751. The molecule has 0 bridgehead atoms. The number of aryl methyl sites for hydroxylation is 2. The second-order valence-electron chi connectivity index (χ2n) is 6.96. The van der Waals surface area contributed by atoms with Crippen molar-refractivity contribution < 1.29 is 9.53 Å². The minimum Gasteiger partial charge on any atom is -0.380 e. The van der Waals surface area contributed by atoms with Crippen LogP contribution in [-0.4, -0.2) is 55.5 Å². The number of nitrogens with zero attached hydrogens (tertiary/aromatic N) is 5. The number of fused-ring (bicyclic) bond motifs is 1. The fourth-order valence-electron chi connectivity index (χ4n) is 4.00. The highest BCUT2D eigenvalue weighted by molar-refractivity contribution is 5.94. The van der Waals surface area contributed by atoms with Gasteiger partial charge in [0.05, 0.1) is 12.1 Å². The van der Waals surface area contributed by atoms with Crippen LogP contribution in [0.1, 0.15) is 59.3 Å². The standard InChI is InChI=1S/C17H24N6O2/c1-22-10-18-21-16(22)14-8-11(25-2)9-23(14)17(24)15-12-6-4-3-5-7-13(12)19-20-15/h10-11,14H,3-9H2,1-2H3,(H,19,20)/t11-,14+/m1/s1. The van der Waals surface area contributed by atoms with Gasteiger partial charge in [0.25, 0.3) is 5.91 Å². The minimum absolute atomic E-state index is 0.00296. The molecule has 2 atom stereocenters. The Balaban J connectivity index is 1.66. The number of hydrogen-bond donors (Lipinski definition) is 1. The summed E-state index contributed by atoms with van der Waals surface area (Å²) >= 11 is 0. The van der Waals surface area contributed by atoms with Crippen LogP contribution in [0.25, 0.3) is 0 Å². The predicted molar refractivity (Wildman–Crippen MR) is 90.0 cm³/mol. The molecule has 0 unspecified atom stereocenters. The zero-order valence-corrected chi connectivity index (χ0v) is 14.7. The van der Waals surface area contributed by atoms with Crippen molar-refractivity contribution in [2.45, 2.75) is 50.7 Å². The van der Waals surface area contributed by atoms with E-state index in [-0.39, 0.29) is 18.1 Å². The average Bonchev–Trinajstić information content (AvgIpc) is 3.29. The van der Waals surface area contributed by atoms with Crippen molar-refractivity contribution in [3.05, 3.63) is 29.1 Å². The van der Waals surface area contributed by atoms with E-state index < -0.39 is 0 Å². The van der Waals surface area contributed by atoms with E-state index in [0.717, 1.165) is 49.2 Å². The Hall–Kier alpha value is -2.22. The lowest BCUT2D eigenvalue weighted by Crippen LogP contribution is -2.34. The summed E-state index contributed by atoms with van der Waals surface area (Å²) in [6.07, 6.45) is 7.75. The average molecular weight is 344 g/mol. The summed E-state index contributed by atoms with van der Waals surface area (Å²) in [5, 5.41) is 15.7. The van der Waals surface area contributed by atoms with E-state index in [1.807, 2.05) is 16.5 Å². The Kier molecular flexibility index (Phi) is 4.29. The number of aromatic nitrogens is 5. The fourth-order valence-corrected chi connectivity index (χ4v) is 4.00. The number of amides is 1. The third-order valence-electron chi connectivity index (χ3n) is 5.41. The Morgan fingerprint density at radius 1 is 1.32 bits per heavy atom. The van der Waals surface area contributed by atoms with Gasteiger partial charge in [0.2, 0.25) is 0 Å². The molecule has 0 saturated carbocycles. The van der Waals surface area contributed by atoms with Crippen LogP contribution in [0, 0.1) is 0 Å². The Morgan fingerprint density at radius 2 is 2.16 bits per heavy atom. The molecule has 8 heteroatoms. The van der Waals surface area contributed by atoms with Crippen molar-refractivity contribution >= 4 is 5.91 Å². The molecule has 2 aliphatic rings. The van der Waals surface area contributed by atoms with E-state index in [9.17, 15) is 4.79 Å².